The molecule has 0 aliphatic heterocycles. The summed E-state index contributed by atoms with van der Waals surface area (Å²) in [5, 5.41) is 2.81. The average molecular weight is 377 g/mol. The van der Waals surface area contributed by atoms with Crippen molar-refractivity contribution in [3.05, 3.63) is 59.7 Å². The highest BCUT2D eigenvalue weighted by molar-refractivity contribution is 7.89. The molecule has 2 aromatic carbocycles. The lowest BCUT2D eigenvalue weighted by atomic mass is 10.1. The molecule has 2 aromatic rings. The molecule has 0 spiro atoms. The molecule has 0 saturated heterocycles. The van der Waals surface area contributed by atoms with Gasteiger partial charge in [-0.25, -0.2) is 12.7 Å². The maximum Gasteiger partial charge on any atom is 0.279 e. The van der Waals surface area contributed by atoms with Crippen LogP contribution in [-0.4, -0.2) is 46.3 Å². The second-order valence-electron chi connectivity index (χ2n) is 6.66. The number of nitrogens with zero attached hydrogens (tertiary/aromatic N) is 1. The van der Waals surface area contributed by atoms with Gasteiger partial charge in [-0.1, -0.05) is 29.8 Å². The highest BCUT2D eigenvalue weighted by atomic mass is 32.2. The lowest BCUT2D eigenvalue weighted by molar-refractivity contribution is -0.885. The van der Waals surface area contributed by atoms with Gasteiger partial charge < -0.3 is 10.2 Å². The van der Waals surface area contributed by atoms with E-state index in [0.29, 0.717) is 12.2 Å². The normalized spacial score (nSPS) is 12.8. The number of carbonyl (C=O) groups is 1. The van der Waals surface area contributed by atoms with E-state index in [4.69, 9.17) is 0 Å². The molecule has 1 atom stereocenters. The standard InChI is InChI=1S/C19H25N3O3S/c1-15-5-7-16(8-6-15)13-22(4)14-19(23)20-17-9-11-18(12-10-17)26(24,25)21(2)3/h5-12H,13-14H2,1-4H3,(H,20,23)/p+1. The fourth-order valence-corrected chi connectivity index (χ4v) is 3.42. The first-order chi connectivity index (χ1) is 12.2. The molecule has 26 heavy (non-hydrogen) atoms. The summed E-state index contributed by atoms with van der Waals surface area (Å²) < 4.78 is 25.2. The number of sulfonamides is 1. The molecule has 6 nitrogen and oxygen atoms in total. The Balaban J connectivity index is 1.92. The Morgan fingerprint density at radius 1 is 1.04 bits per heavy atom. The Hall–Kier alpha value is -2.22. The maximum atomic E-state index is 12.2. The van der Waals surface area contributed by atoms with E-state index in [2.05, 4.69) is 29.6 Å². The summed E-state index contributed by atoms with van der Waals surface area (Å²) in [6.45, 7) is 3.13. The van der Waals surface area contributed by atoms with E-state index in [1.807, 2.05) is 14.0 Å². The zero-order valence-electron chi connectivity index (χ0n) is 15.6. The molecule has 0 aromatic heterocycles. The van der Waals surface area contributed by atoms with Crippen molar-refractivity contribution in [1.29, 1.82) is 0 Å². The molecule has 0 saturated carbocycles. The predicted molar refractivity (Wildman–Crippen MR) is 103 cm³/mol. The molecule has 1 amide bonds. The SMILES string of the molecule is Cc1ccc(C[NH+](C)CC(=O)Nc2ccc(S(=O)(=O)N(C)C)cc2)cc1. The van der Waals surface area contributed by atoms with Crippen molar-refractivity contribution in [2.45, 2.75) is 18.4 Å². The van der Waals surface area contributed by atoms with E-state index in [-0.39, 0.29) is 10.8 Å². The quantitative estimate of drug-likeness (QED) is 0.754. The number of aryl methyl sites for hydroxylation is 1. The van der Waals surface area contributed by atoms with E-state index in [1.165, 1.54) is 37.4 Å². The third-order valence-electron chi connectivity index (χ3n) is 4.01. The summed E-state index contributed by atoms with van der Waals surface area (Å²) in [5.41, 5.74) is 2.97. The average Bonchev–Trinajstić information content (AvgIpc) is 2.57. The molecule has 0 heterocycles. The van der Waals surface area contributed by atoms with Crippen molar-refractivity contribution >= 4 is 21.6 Å². The number of quaternary nitrogens is 1. The van der Waals surface area contributed by atoms with E-state index in [9.17, 15) is 13.2 Å². The van der Waals surface area contributed by atoms with Gasteiger partial charge in [0, 0.05) is 25.3 Å². The number of hydrogen-bond donors (Lipinski definition) is 2. The lowest BCUT2D eigenvalue weighted by Crippen LogP contribution is -3.08. The summed E-state index contributed by atoms with van der Waals surface area (Å²) in [5.74, 6) is -0.113. The molecule has 7 heteroatoms. The Kier molecular flexibility index (Phi) is 6.52. The van der Waals surface area contributed by atoms with E-state index in [1.54, 1.807) is 12.1 Å². The van der Waals surface area contributed by atoms with Crippen LogP contribution in [0, 0.1) is 6.92 Å². The number of rotatable bonds is 7. The summed E-state index contributed by atoms with van der Waals surface area (Å²) in [6, 6.07) is 14.5. The predicted octanol–water partition coefficient (Wildman–Crippen LogP) is 0.899. The minimum atomic E-state index is -3.46. The van der Waals surface area contributed by atoms with Crippen molar-refractivity contribution < 1.29 is 18.1 Å². The fourth-order valence-electron chi connectivity index (χ4n) is 2.52. The number of carbonyl (C=O) groups excluding carboxylic acids is 1. The van der Waals surface area contributed by atoms with E-state index < -0.39 is 10.0 Å². The molecule has 1 unspecified atom stereocenters. The van der Waals surface area contributed by atoms with E-state index in [0.717, 1.165) is 15.7 Å². The first-order valence-electron chi connectivity index (χ1n) is 8.38. The fraction of sp³-hybridized carbons (Fsp3) is 0.316. The molecule has 0 bridgehead atoms. The van der Waals surface area contributed by atoms with Crippen LogP contribution >= 0.6 is 0 Å². The number of benzene rings is 2. The first-order valence-corrected chi connectivity index (χ1v) is 9.82. The van der Waals surface area contributed by atoms with Crippen LogP contribution in [0.25, 0.3) is 0 Å². The second-order valence-corrected chi connectivity index (χ2v) is 8.81. The molecule has 0 fully saturated rings. The molecular weight excluding hydrogens is 350 g/mol. The Morgan fingerprint density at radius 2 is 1.62 bits per heavy atom. The zero-order chi connectivity index (χ0) is 19.3. The topological polar surface area (TPSA) is 70.9 Å². The van der Waals surface area contributed by atoms with Crippen LogP contribution in [0.2, 0.25) is 0 Å². The summed E-state index contributed by atoms with van der Waals surface area (Å²) in [4.78, 5) is 13.5. The highest BCUT2D eigenvalue weighted by Gasteiger charge is 2.17. The van der Waals surface area contributed by atoms with Gasteiger partial charge in [-0.2, -0.15) is 0 Å². The van der Waals surface area contributed by atoms with Gasteiger partial charge in [0.15, 0.2) is 6.54 Å². The van der Waals surface area contributed by atoms with Gasteiger partial charge >= 0.3 is 0 Å². The third-order valence-corrected chi connectivity index (χ3v) is 5.83. The summed E-state index contributed by atoms with van der Waals surface area (Å²) in [7, 11) is 1.47. The Morgan fingerprint density at radius 3 is 2.15 bits per heavy atom. The molecule has 0 aliphatic carbocycles. The van der Waals surface area contributed by atoms with Gasteiger partial charge in [0.05, 0.1) is 11.9 Å². The van der Waals surface area contributed by atoms with Crippen LogP contribution in [0.4, 0.5) is 5.69 Å². The highest BCUT2D eigenvalue weighted by Crippen LogP contribution is 2.16. The Bertz CT molecular complexity index is 845. The van der Waals surface area contributed by atoms with Crippen molar-refractivity contribution in [1.82, 2.24) is 4.31 Å². The van der Waals surface area contributed by atoms with Crippen LogP contribution < -0.4 is 10.2 Å². The van der Waals surface area contributed by atoms with Gasteiger partial charge in [0.2, 0.25) is 10.0 Å². The van der Waals surface area contributed by atoms with Gasteiger partial charge in [0.1, 0.15) is 6.54 Å². The van der Waals surface area contributed by atoms with Crippen molar-refractivity contribution in [3.63, 3.8) is 0 Å². The van der Waals surface area contributed by atoms with Gasteiger partial charge in [-0.05, 0) is 31.2 Å². The minimum Gasteiger partial charge on any atom is -0.326 e. The Labute approximate surface area is 155 Å². The van der Waals surface area contributed by atoms with Crippen molar-refractivity contribution in [2.24, 2.45) is 0 Å². The van der Waals surface area contributed by atoms with Crippen LogP contribution in [-0.2, 0) is 21.4 Å². The maximum absolute atomic E-state index is 12.2. The van der Waals surface area contributed by atoms with Crippen LogP contribution in [0.15, 0.2) is 53.4 Å². The van der Waals surface area contributed by atoms with Gasteiger partial charge in [-0.15, -0.1) is 0 Å². The van der Waals surface area contributed by atoms with Crippen LogP contribution in [0.5, 0.6) is 0 Å². The number of likely N-dealkylation sites (N-methyl/N-ethyl adjacent to an activating group) is 1. The van der Waals surface area contributed by atoms with Gasteiger partial charge in [-0.3, -0.25) is 4.79 Å². The first kappa shape index (κ1) is 20.1. The number of anilines is 1. The largest absolute Gasteiger partial charge is 0.326 e. The molecular formula is C19H26N3O3S+. The smallest absolute Gasteiger partial charge is 0.279 e. The minimum absolute atomic E-state index is 0.113. The van der Waals surface area contributed by atoms with Crippen LogP contribution in [0.1, 0.15) is 11.1 Å². The van der Waals surface area contributed by atoms with Crippen LogP contribution in [0.3, 0.4) is 0 Å². The van der Waals surface area contributed by atoms with Crippen molar-refractivity contribution in [3.8, 4) is 0 Å². The summed E-state index contributed by atoms with van der Waals surface area (Å²) >= 11 is 0. The number of hydrogen-bond acceptors (Lipinski definition) is 3. The lowest BCUT2D eigenvalue weighted by Gasteiger charge is -2.15. The number of nitrogens with one attached hydrogen (secondary N) is 2. The monoisotopic (exact) mass is 376 g/mol. The molecule has 140 valence electrons. The molecule has 0 radical (unpaired) electrons. The molecule has 2 N–H and O–H groups in total. The van der Waals surface area contributed by atoms with Gasteiger partial charge in [0.25, 0.3) is 5.91 Å². The van der Waals surface area contributed by atoms with E-state index >= 15 is 0 Å². The zero-order valence-corrected chi connectivity index (χ0v) is 16.4. The number of amides is 1. The third kappa shape index (κ3) is 5.39. The summed E-state index contributed by atoms with van der Waals surface area (Å²) in [6.07, 6.45) is 0. The molecule has 0 aliphatic rings. The molecule has 2 rings (SSSR count). The van der Waals surface area contributed by atoms with Crippen molar-refractivity contribution in [2.75, 3.05) is 33.0 Å². The second kappa shape index (κ2) is 8.44.